The average Bonchev–Trinajstić information content (AvgIpc) is 3.49. The van der Waals surface area contributed by atoms with Gasteiger partial charge in [-0.15, -0.1) is 0 Å². The SMILES string of the molecule is CS(=O)(=O)ONS(=O)(=O)N1CC(CC#N)(N2CCC(N[C@@H]3C[C@H]3c3ccccc3)CC2)C1. The lowest BCUT2D eigenvalue weighted by molar-refractivity contribution is -0.0273. The van der Waals surface area contributed by atoms with E-state index in [1.54, 1.807) is 4.89 Å². The number of benzene rings is 1. The van der Waals surface area contributed by atoms with Crippen LogP contribution in [0, 0.1) is 11.3 Å². The van der Waals surface area contributed by atoms with E-state index in [1.165, 1.54) is 5.56 Å². The molecule has 2 saturated heterocycles. The van der Waals surface area contributed by atoms with Crippen molar-refractivity contribution >= 4 is 20.3 Å². The van der Waals surface area contributed by atoms with Crippen molar-refractivity contribution in [1.29, 1.82) is 5.26 Å². The van der Waals surface area contributed by atoms with Gasteiger partial charge in [0.15, 0.2) is 0 Å². The fraction of sp³-hybridized carbons (Fsp3) is 0.650. The quantitative estimate of drug-likeness (QED) is 0.479. The fourth-order valence-electron chi connectivity index (χ4n) is 4.78. The van der Waals surface area contributed by atoms with Gasteiger partial charge in [-0.05, 0) is 24.8 Å². The van der Waals surface area contributed by atoms with E-state index in [0.717, 1.165) is 42.9 Å². The minimum atomic E-state index is -4.10. The lowest BCUT2D eigenvalue weighted by Crippen LogP contribution is -2.73. The second kappa shape index (κ2) is 8.98. The maximum atomic E-state index is 12.3. The Hall–Kier alpha value is -1.59. The highest BCUT2D eigenvalue weighted by Crippen LogP contribution is 2.42. The Balaban J connectivity index is 1.28. The summed E-state index contributed by atoms with van der Waals surface area (Å²) in [5.41, 5.74) is 0.825. The van der Waals surface area contributed by atoms with Crippen molar-refractivity contribution in [3.05, 3.63) is 35.9 Å². The van der Waals surface area contributed by atoms with Gasteiger partial charge in [-0.3, -0.25) is 4.90 Å². The van der Waals surface area contributed by atoms with Gasteiger partial charge in [-0.1, -0.05) is 35.2 Å². The number of nitrogens with zero attached hydrogens (tertiary/aromatic N) is 3. The van der Waals surface area contributed by atoms with E-state index < -0.39 is 25.9 Å². The molecule has 0 radical (unpaired) electrons. The number of nitriles is 1. The van der Waals surface area contributed by atoms with E-state index >= 15 is 0 Å². The van der Waals surface area contributed by atoms with Gasteiger partial charge >= 0.3 is 10.2 Å². The second-order valence-corrected chi connectivity index (χ2v) is 12.2. The molecule has 1 saturated carbocycles. The van der Waals surface area contributed by atoms with Crippen LogP contribution in [-0.2, 0) is 24.6 Å². The summed E-state index contributed by atoms with van der Waals surface area (Å²) in [5, 5.41) is 13.1. The average molecular weight is 484 g/mol. The number of nitrogens with one attached hydrogen (secondary N) is 2. The predicted octanol–water partition coefficient (Wildman–Crippen LogP) is 0.290. The molecule has 0 aromatic heterocycles. The maximum Gasteiger partial charge on any atom is 0.302 e. The van der Waals surface area contributed by atoms with Gasteiger partial charge in [-0.2, -0.15) is 30.7 Å². The summed E-state index contributed by atoms with van der Waals surface area (Å²) in [4.78, 5) is 3.84. The van der Waals surface area contributed by atoms with E-state index in [0.29, 0.717) is 18.0 Å². The number of hydrogen-bond acceptors (Lipinski definition) is 8. The Morgan fingerprint density at radius 2 is 1.81 bits per heavy atom. The maximum absolute atomic E-state index is 12.3. The molecule has 176 valence electrons. The lowest BCUT2D eigenvalue weighted by atomic mass is 9.84. The zero-order valence-corrected chi connectivity index (χ0v) is 19.6. The topological polar surface area (TPSA) is 132 Å². The molecule has 0 amide bonds. The highest BCUT2D eigenvalue weighted by Gasteiger charge is 2.52. The number of rotatable bonds is 9. The molecule has 4 rings (SSSR count). The summed E-state index contributed by atoms with van der Waals surface area (Å²) in [7, 11) is -8.06. The van der Waals surface area contributed by atoms with Crippen LogP contribution in [0.15, 0.2) is 30.3 Å². The van der Waals surface area contributed by atoms with Crippen LogP contribution in [-0.4, -0.2) is 76.1 Å². The smallest absolute Gasteiger partial charge is 0.302 e. The van der Waals surface area contributed by atoms with Crippen LogP contribution in [0.25, 0.3) is 0 Å². The number of piperidine rings is 1. The molecule has 0 bridgehead atoms. The first-order valence-electron chi connectivity index (χ1n) is 10.7. The van der Waals surface area contributed by atoms with Crippen LogP contribution in [0.3, 0.4) is 0 Å². The third-order valence-electron chi connectivity index (χ3n) is 6.61. The van der Waals surface area contributed by atoms with Crippen molar-refractivity contribution in [1.82, 2.24) is 19.4 Å². The first-order chi connectivity index (χ1) is 15.1. The molecule has 32 heavy (non-hydrogen) atoms. The third-order valence-corrected chi connectivity index (χ3v) is 8.34. The number of hydrogen-bond donors (Lipinski definition) is 2. The standard InChI is InChI=1S/C20H29N5O5S2/c1-31(26,27)30-23-32(28,29)25-14-20(15-25,9-10-21)24-11-7-17(8-12-24)22-19-13-18(19)16-5-3-2-4-6-16/h2-6,17-19,22-23H,7-9,11-15H2,1H3/t18-,19+/m0/s1. The number of likely N-dealkylation sites (tertiary alicyclic amines) is 1. The Morgan fingerprint density at radius 1 is 1.16 bits per heavy atom. The van der Waals surface area contributed by atoms with Gasteiger partial charge in [0.1, 0.15) is 0 Å². The molecular formula is C20H29N5O5S2. The van der Waals surface area contributed by atoms with Crippen LogP contribution in [0.5, 0.6) is 0 Å². The Kier molecular flexibility index (Phi) is 6.61. The molecular weight excluding hydrogens is 454 g/mol. The van der Waals surface area contributed by atoms with E-state index in [9.17, 15) is 22.1 Å². The first-order valence-corrected chi connectivity index (χ1v) is 14.0. The molecule has 10 nitrogen and oxygen atoms in total. The molecule has 2 N–H and O–H groups in total. The van der Waals surface area contributed by atoms with Crippen molar-refractivity contribution in [2.24, 2.45) is 0 Å². The zero-order valence-electron chi connectivity index (χ0n) is 18.0. The summed E-state index contributed by atoms with van der Waals surface area (Å²) in [6.07, 6.45) is 4.00. The van der Waals surface area contributed by atoms with Crippen LogP contribution in [0.2, 0.25) is 0 Å². The molecule has 1 aliphatic carbocycles. The van der Waals surface area contributed by atoms with E-state index in [1.807, 2.05) is 6.07 Å². The Morgan fingerprint density at radius 3 is 2.41 bits per heavy atom. The molecule has 3 aliphatic rings. The van der Waals surface area contributed by atoms with Crippen molar-refractivity contribution in [2.45, 2.75) is 49.2 Å². The van der Waals surface area contributed by atoms with Crippen molar-refractivity contribution in [3.63, 3.8) is 0 Å². The van der Waals surface area contributed by atoms with Gasteiger partial charge < -0.3 is 5.32 Å². The van der Waals surface area contributed by atoms with Crippen LogP contribution in [0.1, 0.15) is 37.2 Å². The van der Waals surface area contributed by atoms with Gasteiger partial charge in [0.05, 0.1) is 24.3 Å². The second-order valence-electron chi connectivity index (χ2n) is 8.99. The van der Waals surface area contributed by atoms with Gasteiger partial charge in [0.25, 0.3) is 10.1 Å². The summed E-state index contributed by atoms with van der Waals surface area (Å²) < 4.78 is 52.0. The monoisotopic (exact) mass is 483 g/mol. The van der Waals surface area contributed by atoms with Crippen LogP contribution < -0.4 is 10.2 Å². The normalized spacial score (nSPS) is 26.9. The van der Waals surface area contributed by atoms with Gasteiger partial charge in [0, 0.05) is 44.2 Å². The summed E-state index contributed by atoms with van der Waals surface area (Å²) in [5.74, 6) is 0.575. The molecule has 1 aromatic carbocycles. The third kappa shape index (κ3) is 5.31. The molecule has 12 heteroatoms. The van der Waals surface area contributed by atoms with Crippen molar-refractivity contribution < 1.29 is 21.1 Å². The van der Waals surface area contributed by atoms with Gasteiger partial charge in [0.2, 0.25) is 0 Å². The molecule has 0 unspecified atom stereocenters. The van der Waals surface area contributed by atoms with Crippen molar-refractivity contribution in [2.75, 3.05) is 32.4 Å². The first kappa shape index (κ1) is 23.6. The highest BCUT2D eigenvalue weighted by atomic mass is 32.2. The van der Waals surface area contributed by atoms with Crippen LogP contribution >= 0.6 is 0 Å². The molecule has 0 spiro atoms. The predicted molar refractivity (Wildman–Crippen MR) is 118 cm³/mol. The highest BCUT2D eigenvalue weighted by molar-refractivity contribution is 7.89. The summed E-state index contributed by atoms with van der Waals surface area (Å²) in [6.45, 7) is 1.81. The Labute approximate surface area is 189 Å². The molecule has 2 heterocycles. The van der Waals surface area contributed by atoms with E-state index in [2.05, 4.69) is 44.8 Å². The molecule has 2 atom stereocenters. The molecule has 2 aliphatic heterocycles. The fourth-order valence-corrected chi connectivity index (χ4v) is 6.54. The summed E-state index contributed by atoms with van der Waals surface area (Å²) in [6, 6.07) is 13.6. The zero-order chi connectivity index (χ0) is 23.0. The lowest BCUT2D eigenvalue weighted by Gasteiger charge is -2.55. The van der Waals surface area contributed by atoms with E-state index in [4.69, 9.17) is 0 Å². The Bertz CT molecular complexity index is 1060. The van der Waals surface area contributed by atoms with Crippen molar-refractivity contribution in [3.8, 4) is 6.07 Å². The summed E-state index contributed by atoms with van der Waals surface area (Å²) >= 11 is 0. The molecule has 1 aromatic rings. The minimum Gasteiger partial charge on any atom is -0.311 e. The van der Waals surface area contributed by atoms with E-state index in [-0.39, 0.29) is 19.5 Å². The largest absolute Gasteiger partial charge is 0.311 e. The minimum absolute atomic E-state index is 0.125. The van der Waals surface area contributed by atoms with Gasteiger partial charge in [-0.25, -0.2) is 0 Å². The molecule has 3 fully saturated rings. The van der Waals surface area contributed by atoms with Crippen LogP contribution in [0.4, 0.5) is 0 Å².